The number of hydrogen-bond donors (Lipinski definition) is 1. The predicted molar refractivity (Wildman–Crippen MR) is 75.2 cm³/mol. The van der Waals surface area contributed by atoms with Crippen LogP contribution in [0, 0.1) is 0 Å². The highest BCUT2D eigenvalue weighted by molar-refractivity contribution is 8.00. The van der Waals surface area contributed by atoms with Crippen LogP contribution in [0.25, 0.3) is 0 Å². The Morgan fingerprint density at radius 1 is 1.41 bits per heavy atom. The molecule has 1 N–H and O–H groups in total. The molecule has 0 heterocycles. The van der Waals surface area contributed by atoms with Crippen molar-refractivity contribution in [2.45, 2.75) is 31.6 Å². The smallest absolute Gasteiger partial charge is 0.137 e. The van der Waals surface area contributed by atoms with Crippen LogP contribution in [0.15, 0.2) is 18.2 Å². The summed E-state index contributed by atoms with van der Waals surface area (Å²) in [5.74, 6) is 1.26. The quantitative estimate of drug-likeness (QED) is 0.903. The number of benzene rings is 1. The van der Waals surface area contributed by atoms with E-state index in [1.165, 1.54) is 0 Å². The fourth-order valence-corrected chi connectivity index (χ4v) is 2.35. The molecule has 96 valence electrons. The van der Waals surface area contributed by atoms with Gasteiger partial charge >= 0.3 is 0 Å². The molecule has 0 fully saturated rings. The Balaban J connectivity index is 2.72. The minimum absolute atomic E-state index is 0.150. The first kappa shape index (κ1) is 14.7. The van der Waals surface area contributed by atoms with Gasteiger partial charge in [-0.2, -0.15) is 11.8 Å². The zero-order chi connectivity index (χ0) is 13.1. The molecule has 0 radical (unpaired) electrons. The highest BCUT2D eigenvalue weighted by atomic mass is 35.5. The molecule has 0 amide bonds. The number of hydrogen-bond acceptors (Lipinski definition) is 3. The van der Waals surface area contributed by atoms with Crippen LogP contribution in [0.4, 0.5) is 0 Å². The number of methoxy groups -OCH3 is 1. The first-order valence-corrected chi connectivity index (χ1v) is 6.85. The molecule has 4 heteroatoms. The van der Waals surface area contributed by atoms with Crippen LogP contribution in [0.2, 0.25) is 5.02 Å². The van der Waals surface area contributed by atoms with E-state index in [0.717, 1.165) is 5.56 Å². The van der Waals surface area contributed by atoms with E-state index in [4.69, 9.17) is 16.3 Å². The van der Waals surface area contributed by atoms with Gasteiger partial charge in [-0.15, -0.1) is 0 Å². The summed E-state index contributed by atoms with van der Waals surface area (Å²) in [4.78, 5) is 0. The van der Waals surface area contributed by atoms with Crippen LogP contribution in [0.3, 0.4) is 0 Å². The second kappa shape index (κ2) is 5.98. The minimum Gasteiger partial charge on any atom is -0.495 e. The third kappa shape index (κ3) is 4.78. The van der Waals surface area contributed by atoms with Gasteiger partial charge in [0.05, 0.1) is 18.2 Å². The summed E-state index contributed by atoms with van der Waals surface area (Å²) in [5.41, 5.74) is 0.836. The summed E-state index contributed by atoms with van der Waals surface area (Å²) >= 11 is 7.67. The number of aliphatic hydroxyl groups excluding tert-OH is 1. The zero-order valence-electron chi connectivity index (χ0n) is 10.7. The standard InChI is InChI=1S/C13H19ClO2S/c1-13(2,3)17-8-11(15)9-5-6-10(14)12(7-9)16-4/h5-7,11,15H,8H2,1-4H3. The van der Waals surface area contributed by atoms with Crippen molar-refractivity contribution in [3.63, 3.8) is 0 Å². The van der Waals surface area contributed by atoms with Gasteiger partial charge in [-0.25, -0.2) is 0 Å². The monoisotopic (exact) mass is 274 g/mol. The lowest BCUT2D eigenvalue weighted by Gasteiger charge is -2.20. The van der Waals surface area contributed by atoms with Crippen molar-refractivity contribution in [3.05, 3.63) is 28.8 Å². The van der Waals surface area contributed by atoms with E-state index in [1.54, 1.807) is 31.0 Å². The lowest BCUT2D eigenvalue weighted by atomic mass is 10.1. The molecule has 1 unspecified atom stereocenters. The van der Waals surface area contributed by atoms with Crippen LogP contribution in [0.5, 0.6) is 5.75 Å². The third-order valence-corrected chi connectivity index (χ3v) is 3.89. The number of ether oxygens (including phenoxy) is 1. The molecule has 0 aliphatic carbocycles. The molecule has 17 heavy (non-hydrogen) atoms. The molecule has 1 aromatic carbocycles. The van der Waals surface area contributed by atoms with E-state index in [9.17, 15) is 5.11 Å². The number of halogens is 1. The molecular weight excluding hydrogens is 256 g/mol. The molecule has 1 aromatic rings. The van der Waals surface area contributed by atoms with Crippen molar-refractivity contribution in [1.82, 2.24) is 0 Å². The van der Waals surface area contributed by atoms with Crippen molar-refractivity contribution in [3.8, 4) is 5.75 Å². The first-order chi connectivity index (χ1) is 7.83. The van der Waals surface area contributed by atoms with Crippen molar-refractivity contribution in [2.24, 2.45) is 0 Å². The van der Waals surface area contributed by atoms with Gasteiger partial charge in [0.15, 0.2) is 0 Å². The van der Waals surface area contributed by atoms with Gasteiger partial charge in [0.2, 0.25) is 0 Å². The minimum atomic E-state index is -0.495. The van der Waals surface area contributed by atoms with E-state index in [-0.39, 0.29) is 4.75 Å². The van der Waals surface area contributed by atoms with Crippen LogP contribution in [0.1, 0.15) is 32.4 Å². The summed E-state index contributed by atoms with van der Waals surface area (Å²) in [6.07, 6.45) is -0.495. The summed E-state index contributed by atoms with van der Waals surface area (Å²) in [6, 6.07) is 5.37. The Morgan fingerprint density at radius 2 is 2.06 bits per heavy atom. The van der Waals surface area contributed by atoms with Gasteiger partial charge in [0.1, 0.15) is 5.75 Å². The Hall–Kier alpha value is -0.380. The molecule has 0 aliphatic heterocycles. The summed E-state index contributed by atoms with van der Waals surface area (Å²) in [5, 5.41) is 10.6. The summed E-state index contributed by atoms with van der Waals surface area (Å²) in [7, 11) is 1.57. The van der Waals surface area contributed by atoms with Crippen molar-refractivity contribution in [1.29, 1.82) is 0 Å². The lowest BCUT2D eigenvalue weighted by Crippen LogP contribution is -2.12. The largest absolute Gasteiger partial charge is 0.495 e. The molecule has 0 aromatic heterocycles. The maximum atomic E-state index is 10.1. The van der Waals surface area contributed by atoms with Crippen LogP contribution >= 0.6 is 23.4 Å². The van der Waals surface area contributed by atoms with Gasteiger partial charge in [-0.3, -0.25) is 0 Å². The van der Waals surface area contributed by atoms with Gasteiger partial charge in [-0.05, 0) is 17.7 Å². The van der Waals surface area contributed by atoms with Crippen LogP contribution in [-0.2, 0) is 0 Å². The molecule has 1 atom stereocenters. The molecule has 0 aliphatic rings. The van der Waals surface area contributed by atoms with Crippen molar-refractivity contribution in [2.75, 3.05) is 12.9 Å². The van der Waals surface area contributed by atoms with E-state index in [0.29, 0.717) is 16.5 Å². The van der Waals surface area contributed by atoms with E-state index in [1.807, 2.05) is 6.07 Å². The van der Waals surface area contributed by atoms with E-state index in [2.05, 4.69) is 20.8 Å². The first-order valence-electron chi connectivity index (χ1n) is 5.49. The fourth-order valence-electron chi connectivity index (χ4n) is 1.31. The Bertz CT molecular complexity index is 374. The highest BCUT2D eigenvalue weighted by Gasteiger charge is 2.16. The van der Waals surface area contributed by atoms with E-state index < -0.39 is 6.10 Å². The molecule has 0 bridgehead atoms. The predicted octanol–water partition coefficient (Wildman–Crippen LogP) is 3.91. The number of thioether (sulfide) groups is 1. The highest BCUT2D eigenvalue weighted by Crippen LogP contribution is 2.31. The fraction of sp³-hybridized carbons (Fsp3) is 0.538. The maximum absolute atomic E-state index is 10.1. The van der Waals surface area contributed by atoms with Crippen molar-refractivity contribution < 1.29 is 9.84 Å². The molecular formula is C13H19ClO2S. The van der Waals surface area contributed by atoms with Crippen LogP contribution in [-0.4, -0.2) is 22.7 Å². The van der Waals surface area contributed by atoms with E-state index >= 15 is 0 Å². The second-order valence-electron chi connectivity index (χ2n) is 4.83. The SMILES string of the molecule is COc1cc(C(O)CSC(C)(C)C)ccc1Cl. The molecule has 0 saturated heterocycles. The van der Waals surface area contributed by atoms with Gasteiger partial charge in [-0.1, -0.05) is 38.4 Å². The molecule has 0 spiro atoms. The van der Waals surface area contributed by atoms with Crippen molar-refractivity contribution >= 4 is 23.4 Å². The maximum Gasteiger partial charge on any atom is 0.137 e. The average molecular weight is 275 g/mol. The molecule has 1 rings (SSSR count). The Morgan fingerprint density at radius 3 is 2.59 bits per heavy atom. The third-order valence-electron chi connectivity index (χ3n) is 2.23. The van der Waals surface area contributed by atoms with Crippen LogP contribution < -0.4 is 4.74 Å². The Kier molecular flexibility index (Phi) is 5.17. The average Bonchev–Trinajstić information content (AvgIpc) is 2.25. The number of rotatable bonds is 4. The number of aliphatic hydroxyl groups is 1. The summed E-state index contributed by atoms with van der Waals surface area (Å²) in [6.45, 7) is 6.40. The normalized spacial score (nSPS) is 13.5. The second-order valence-corrected chi connectivity index (χ2v) is 7.09. The lowest BCUT2D eigenvalue weighted by molar-refractivity contribution is 0.203. The zero-order valence-corrected chi connectivity index (χ0v) is 12.2. The van der Waals surface area contributed by atoms with Gasteiger partial charge < -0.3 is 9.84 Å². The Labute approximate surface area is 112 Å². The van der Waals surface area contributed by atoms with Gasteiger partial charge in [0, 0.05) is 10.5 Å². The van der Waals surface area contributed by atoms with Gasteiger partial charge in [0.25, 0.3) is 0 Å². The topological polar surface area (TPSA) is 29.5 Å². The summed E-state index contributed by atoms with van der Waals surface area (Å²) < 4.78 is 5.28. The molecule has 2 nitrogen and oxygen atoms in total. The molecule has 0 saturated carbocycles.